The first-order chi connectivity index (χ1) is 19.8. The zero-order valence-corrected chi connectivity index (χ0v) is 24.8. The summed E-state index contributed by atoms with van der Waals surface area (Å²) in [6.45, 7) is 7.70. The minimum Gasteiger partial charge on any atom is -0.496 e. The molecule has 1 amide bonds. The van der Waals surface area contributed by atoms with Crippen LogP contribution >= 0.6 is 11.8 Å². The number of esters is 1. The quantitative estimate of drug-likeness (QED) is 0.258. The summed E-state index contributed by atoms with van der Waals surface area (Å²) >= 11 is 1.42. The van der Waals surface area contributed by atoms with E-state index < -0.39 is 17.5 Å². The Labute approximate surface area is 244 Å². The SMILES string of the molecule is CCOC(=O)C1=C(C)N[C@H]2S/C(=C\c3ccc(OC)c4ccccc34)C(=O)N2[C@@H]1c1ccc(OC(C)C)c(OC)c1. The number of nitrogens with zero attached hydrogens (tertiary/aromatic N) is 1. The van der Waals surface area contributed by atoms with Gasteiger partial charge in [-0.15, -0.1) is 0 Å². The van der Waals surface area contributed by atoms with Crippen LogP contribution in [-0.4, -0.2) is 49.2 Å². The van der Waals surface area contributed by atoms with Gasteiger partial charge in [-0.1, -0.05) is 48.2 Å². The highest BCUT2D eigenvalue weighted by Crippen LogP contribution is 2.48. The molecule has 2 heterocycles. The summed E-state index contributed by atoms with van der Waals surface area (Å²) in [5.41, 5.74) is 2.25. The Balaban J connectivity index is 1.60. The third-order valence-corrected chi connectivity index (χ3v) is 8.13. The van der Waals surface area contributed by atoms with Crippen molar-refractivity contribution in [2.45, 2.75) is 45.3 Å². The first-order valence-corrected chi connectivity index (χ1v) is 14.4. The third kappa shape index (κ3) is 5.34. The summed E-state index contributed by atoms with van der Waals surface area (Å²) in [5, 5.41) is 5.31. The highest BCUT2D eigenvalue weighted by atomic mass is 32.2. The lowest BCUT2D eigenvalue weighted by atomic mass is 9.93. The first kappa shape index (κ1) is 28.4. The number of hydrogen-bond donors (Lipinski definition) is 1. The van der Waals surface area contributed by atoms with Crippen LogP contribution in [0.3, 0.4) is 0 Å². The molecule has 0 spiro atoms. The highest BCUT2D eigenvalue weighted by molar-refractivity contribution is 8.05. The molecule has 2 aliphatic rings. The monoisotopic (exact) mass is 574 g/mol. The number of rotatable bonds is 8. The maximum absolute atomic E-state index is 14.1. The molecule has 9 heteroatoms. The van der Waals surface area contributed by atoms with Gasteiger partial charge in [-0.05, 0) is 68.5 Å². The summed E-state index contributed by atoms with van der Waals surface area (Å²) in [4.78, 5) is 29.7. The van der Waals surface area contributed by atoms with Crippen LogP contribution in [0.15, 0.2) is 70.8 Å². The van der Waals surface area contributed by atoms with E-state index in [1.807, 2.05) is 81.4 Å². The van der Waals surface area contributed by atoms with E-state index in [1.54, 1.807) is 26.0 Å². The van der Waals surface area contributed by atoms with Crippen molar-refractivity contribution in [3.8, 4) is 17.2 Å². The molecule has 2 atom stereocenters. The third-order valence-electron chi connectivity index (χ3n) is 7.02. The molecule has 0 unspecified atom stereocenters. The van der Waals surface area contributed by atoms with E-state index in [2.05, 4.69) is 5.32 Å². The van der Waals surface area contributed by atoms with E-state index in [9.17, 15) is 9.59 Å². The van der Waals surface area contributed by atoms with Crippen LogP contribution in [0.4, 0.5) is 0 Å². The van der Waals surface area contributed by atoms with Gasteiger partial charge in [0.15, 0.2) is 17.0 Å². The maximum atomic E-state index is 14.1. The number of thioether (sulfide) groups is 1. The lowest BCUT2D eigenvalue weighted by molar-refractivity contribution is -0.140. The molecule has 0 aliphatic carbocycles. The smallest absolute Gasteiger partial charge is 0.338 e. The fourth-order valence-corrected chi connectivity index (χ4v) is 6.47. The molecule has 0 saturated carbocycles. The molecule has 2 aliphatic heterocycles. The van der Waals surface area contributed by atoms with Crippen molar-refractivity contribution >= 4 is 40.5 Å². The first-order valence-electron chi connectivity index (χ1n) is 13.5. The van der Waals surface area contributed by atoms with E-state index in [0.29, 0.717) is 27.7 Å². The van der Waals surface area contributed by atoms with Crippen LogP contribution in [0.2, 0.25) is 0 Å². The van der Waals surface area contributed by atoms with Crippen molar-refractivity contribution in [1.29, 1.82) is 0 Å². The molecule has 1 fully saturated rings. The number of carbonyl (C=O) groups is 2. The van der Waals surface area contributed by atoms with Gasteiger partial charge in [-0.2, -0.15) is 0 Å². The van der Waals surface area contributed by atoms with Crippen LogP contribution in [0, 0.1) is 0 Å². The molecule has 1 saturated heterocycles. The van der Waals surface area contributed by atoms with E-state index in [4.69, 9.17) is 18.9 Å². The zero-order chi connectivity index (χ0) is 29.3. The van der Waals surface area contributed by atoms with Gasteiger partial charge in [0.1, 0.15) is 5.75 Å². The predicted octanol–water partition coefficient (Wildman–Crippen LogP) is 6.03. The fourth-order valence-electron chi connectivity index (χ4n) is 5.26. The number of ether oxygens (including phenoxy) is 4. The van der Waals surface area contributed by atoms with Gasteiger partial charge >= 0.3 is 5.97 Å². The Morgan fingerprint density at radius 1 is 1.02 bits per heavy atom. The van der Waals surface area contributed by atoms with Crippen molar-refractivity contribution in [2.24, 2.45) is 0 Å². The van der Waals surface area contributed by atoms with Crippen molar-refractivity contribution in [3.63, 3.8) is 0 Å². The van der Waals surface area contributed by atoms with Crippen molar-refractivity contribution < 1.29 is 28.5 Å². The lowest BCUT2D eigenvalue weighted by Crippen LogP contribution is -2.50. The number of benzene rings is 3. The van der Waals surface area contributed by atoms with Gasteiger partial charge in [-0.3, -0.25) is 9.69 Å². The van der Waals surface area contributed by atoms with Gasteiger partial charge in [0.05, 0.1) is 43.5 Å². The molecule has 5 rings (SSSR count). The van der Waals surface area contributed by atoms with Gasteiger partial charge < -0.3 is 24.3 Å². The summed E-state index contributed by atoms with van der Waals surface area (Å²) in [6, 6.07) is 16.6. The van der Waals surface area contributed by atoms with Crippen LogP contribution < -0.4 is 19.5 Å². The largest absolute Gasteiger partial charge is 0.496 e. The summed E-state index contributed by atoms with van der Waals surface area (Å²) in [5.74, 6) is 1.22. The molecule has 8 nitrogen and oxygen atoms in total. The van der Waals surface area contributed by atoms with Crippen molar-refractivity contribution in [2.75, 3.05) is 20.8 Å². The standard InChI is InChI=1S/C32H34N2O6S/c1-7-39-31(36)28-19(4)33-32-34(29(28)21-13-15-25(40-18(2)3)26(16-21)38-6)30(35)27(41-32)17-20-12-14-24(37-5)23-11-9-8-10-22(20)23/h8-18,29,32-33H,7H2,1-6H3/b27-17-/t29-,32-/m1/s1. The van der Waals surface area contributed by atoms with Crippen LogP contribution in [0.1, 0.15) is 44.9 Å². The van der Waals surface area contributed by atoms with E-state index in [0.717, 1.165) is 27.6 Å². The molecular weight excluding hydrogens is 540 g/mol. The highest BCUT2D eigenvalue weighted by Gasteiger charge is 2.48. The molecular formula is C32H34N2O6S. The van der Waals surface area contributed by atoms with Crippen molar-refractivity contribution in [1.82, 2.24) is 10.2 Å². The number of methoxy groups -OCH3 is 2. The van der Waals surface area contributed by atoms with Gasteiger partial charge in [-0.25, -0.2) is 4.79 Å². The van der Waals surface area contributed by atoms with E-state index in [-0.39, 0.29) is 18.6 Å². The summed E-state index contributed by atoms with van der Waals surface area (Å²) in [6.07, 6.45) is 1.86. The average Bonchev–Trinajstić information content (AvgIpc) is 3.26. The Hall–Kier alpha value is -4.11. The molecule has 41 heavy (non-hydrogen) atoms. The second-order valence-electron chi connectivity index (χ2n) is 9.98. The number of amides is 1. The predicted molar refractivity (Wildman–Crippen MR) is 161 cm³/mol. The zero-order valence-electron chi connectivity index (χ0n) is 24.0. The minimum atomic E-state index is -0.694. The Morgan fingerprint density at radius 2 is 1.73 bits per heavy atom. The van der Waals surface area contributed by atoms with Gasteiger partial charge in [0, 0.05) is 11.1 Å². The van der Waals surface area contributed by atoms with Crippen LogP contribution in [-0.2, 0) is 14.3 Å². The normalized spacial score (nSPS) is 19.4. The van der Waals surface area contributed by atoms with E-state index >= 15 is 0 Å². The topological polar surface area (TPSA) is 86.3 Å². The molecule has 0 radical (unpaired) electrons. The molecule has 1 N–H and O–H groups in total. The molecule has 3 aromatic rings. The summed E-state index contributed by atoms with van der Waals surface area (Å²) < 4.78 is 22.6. The molecule has 0 bridgehead atoms. The second kappa shape index (κ2) is 11.8. The van der Waals surface area contributed by atoms with Crippen LogP contribution in [0.25, 0.3) is 16.8 Å². The summed E-state index contributed by atoms with van der Waals surface area (Å²) in [7, 11) is 3.22. The van der Waals surface area contributed by atoms with Crippen LogP contribution in [0.5, 0.6) is 17.2 Å². The van der Waals surface area contributed by atoms with Gasteiger partial charge in [0.25, 0.3) is 5.91 Å². The Kier molecular flexibility index (Phi) is 8.17. The second-order valence-corrected chi connectivity index (χ2v) is 11.1. The van der Waals surface area contributed by atoms with Gasteiger partial charge in [0.2, 0.25) is 0 Å². The Bertz CT molecular complexity index is 1560. The number of fused-ring (bicyclic) bond motifs is 2. The molecule has 0 aromatic heterocycles. The minimum absolute atomic E-state index is 0.0477. The number of nitrogens with one attached hydrogen (secondary N) is 1. The van der Waals surface area contributed by atoms with Crippen molar-refractivity contribution in [3.05, 3.63) is 81.9 Å². The Morgan fingerprint density at radius 3 is 2.41 bits per heavy atom. The van der Waals surface area contributed by atoms with E-state index in [1.165, 1.54) is 11.8 Å². The lowest BCUT2D eigenvalue weighted by Gasteiger charge is -2.39. The maximum Gasteiger partial charge on any atom is 0.338 e. The molecule has 214 valence electrons. The fraction of sp³-hybridized carbons (Fsp3) is 0.312. The number of hydrogen-bond acceptors (Lipinski definition) is 8. The molecule has 3 aromatic carbocycles. The number of carbonyl (C=O) groups excluding carboxylic acids is 2. The number of allylic oxidation sites excluding steroid dienone is 1. The average molecular weight is 575 g/mol.